The molecule has 0 N–H and O–H groups in total. The number of aromatic nitrogens is 2. The van der Waals surface area contributed by atoms with Crippen LogP contribution in [0.25, 0.3) is 0 Å². The molecule has 0 amide bonds. The first-order valence-electron chi connectivity index (χ1n) is 9.06. The molecule has 2 aliphatic rings. The van der Waals surface area contributed by atoms with Crippen molar-refractivity contribution >= 4 is 0 Å². The summed E-state index contributed by atoms with van der Waals surface area (Å²) in [5, 5.41) is 4.01. The minimum Gasteiger partial charge on any atom is -0.497 e. The molecule has 0 saturated carbocycles. The molecule has 25 heavy (non-hydrogen) atoms. The molecule has 6 nitrogen and oxygen atoms in total. The Morgan fingerprint density at radius 2 is 2.00 bits per heavy atom. The first-order valence-corrected chi connectivity index (χ1v) is 9.06. The van der Waals surface area contributed by atoms with E-state index in [1.54, 1.807) is 7.11 Å². The third kappa shape index (κ3) is 3.16. The Balaban J connectivity index is 1.46. The summed E-state index contributed by atoms with van der Waals surface area (Å²) in [6, 6.07) is 9.00. The van der Waals surface area contributed by atoms with E-state index < -0.39 is 0 Å². The molecule has 0 spiro atoms. The number of hydrogen-bond donors (Lipinski definition) is 0. The molecule has 3 heterocycles. The second-order valence-corrected chi connectivity index (χ2v) is 7.23. The number of ether oxygens (including phenoxy) is 1. The SMILES string of the molecule is CCc1noc(CN2C[C@@H]3CN(C)[C@H](c4ccc(OC)cc4)[C@@H]3C2)n1. The first kappa shape index (κ1) is 16.5. The number of benzene rings is 1. The van der Waals surface area contributed by atoms with E-state index in [-0.39, 0.29) is 0 Å². The van der Waals surface area contributed by atoms with E-state index in [2.05, 4.69) is 51.3 Å². The average Bonchev–Trinajstić information content (AvgIpc) is 3.30. The van der Waals surface area contributed by atoms with Gasteiger partial charge in [0.05, 0.1) is 13.7 Å². The van der Waals surface area contributed by atoms with Crippen LogP contribution >= 0.6 is 0 Å². The van der Waals surface area contributed by atoms with E-state index >= 15 is 0 Å². The van der Waals surface area contributed by atoms with Crippen LogP contribution in [0.4, 0.5) is 0 Å². The van der Waals surface area contributed by atoms with Crippen molar-refractivity contribution in [3.05, 3.63) is 41.5 Å². The second-order valence-electron chi connectivity index (χ2n) is 7.23. The van der Waals surface area contributed by atoms with Crippen LogP contribution in [0, 0.1) is 11.8 Å². The number of methoxy groups -OCH3 is 1. The van der Waals surface area contributed by atoms with Crippen molar-refractivity contribution in [2.75, 3.05) is 33.8 Å². The van der Waals surface area contributed by atoms with E-state index in [0.29, 0.717) is 17.9 Å². The van der Waals surface area contributed by atoms with Crippen LogP contribution in [-0.4, -0.2) is 53.7 Å². The van der Waals surface area contributed by atoms with Crippen LogP contribution in [-0.2, 0) is 13.0 Å². The van der Waals surface area contributed by atoms with Gasteiger partial charge in [-0.3, -0.25) is 9.80 Å². The summed E-state index contributed by atoms with van der Waals surface area (Å²) in [5.41, 5.74) is 1.38. The van der Waals surface area contributed by atoms with Crippen molar-refractivity contribution in [1.29, 1.82) is 0 Å². The quantitative estimate of drug-likeness (QED) is 0.831. The first-order chi connectivity index (χ1) is 12.2. The molecule has 1 aromatic carbocycles. The Morgan fingerprint density at radius 1 is 1.20 bits per heavy atom. The van der Waals surface area contributed by atoms with Crippen LogP contribution in [0.5, 0.6) is 5.75 Å². The Labute approximate surface area is 148 Å². The van der Waals surface area contributed by atoms with Gasteiger partial charge in [-0.2, -0.15) is 4.98 Å². The van der Waals surface area contributed by atoms with Gasteiger partial charge in [-0.1, -0.05) is 24.2 Å². The van der Waals surface area contributed by atoms with Gasteiger partial charge in [0.15, 0.2) is 5.82 Å². The number of fused-ring (bicyclic) bond motifs is 1. The molecule has 0 aliphatic carbocycles. The number of hydrogen-bond acceptors (Lipinski definition) is 6. The molecule has 2 saturated heterocycles. The van der Waals surface area contributed by atoms with Crippen LogP contribution < -0.4 is 4.74 Å². The van der Waals surface area contributed by atoms with E-state index in [1.165, 1.54) is 5.56 Å². The summed E-state index contributed by atoms with van der Waals surface area (Å²) in [4.78, 5) is 9.41. The van der Waals surface area contributed by atoms with Crippen LogP contribution in [0.2, 0.25) is 0 Å². The lowest BCUT2D eigenvalue weighted by Crippen LogP contribution is -2.29. The molecule has 2 aliphatic heterocycles. The molecule has 0 unspecified atom stereocenters. The Bertz CT molecular complexity index is 714. The number of nitrogens with zero attached hydrogens (tertiary/aromatic N) is 4. The Morgan fingerprint density at radius 3 is 2.68 bits per heavy atom. The molecular weight excluding hydrogens is 316 g/mol. The maximum absolute atomic E-state index is 5.37. The highest BCUT2D eigenvalue weighted by Crippen LogP contribution is 2.44. The molecule has 2 aromatic rings. The van der Waals surface area contributed by atoms with Gasteiger partial charge in [0, 0.05) is 32.1 Å². The highest BCUT2D eigenvalue weighted by Gasteiger charge is 2.46. The van der Waals surface area contributed by atoms with Crippen molar-refractivity contribution < 1.29 is 9.26 Å². The standard InChI is InChI=1S/C19H26N4O2/c1-4-17-20-18(25-21-17)12-23-10-14-9-22(2)19(16(14)11-23)13-5-7-15(24-3)8-6-13/h5-8,14,16,19H,4,9-12H2,1-3H3/t14-,16+,19+/m0/s1. The maximum Gasteiger partial charge on any atom is 0.240 e. The lowest BCUT2D eigenvalue weighted by molar-refractivity contribution is 0.207. The number of rotatable bonds is 5. The molecule has 1 aromatic heterocycles. The van der Waals surface area contributed by atoms with E-state index in [0.717, 1.165) is 50.1 Å². The molecule has 2 fully saturated rings. The van der Waals surface area contributed by atoms with Gasteiger partial charge in [0.2, 0.25) is 5.89 Å². The molecular formula is C19H26N4O2. The Hall–Kier alpha value is -1.92. The number of likely N-dealkylation sites (tertiary alicyclic amines) is 2. The zero-order valence-electron chi connectivity index (χ0n) is 15.2. The lowest BCUT2D eigenvalue weighted by atomic mass is 9.89. The third-order valence-electron chi connectivity index (χ3n) is 5.61. The fourth-order valence-electron chi connectivity index (χ4n) is 4.47. The molecule has 6 heteroatoms. The Kier molecular flexibility index (Phi) is 4.48. The number of aryl methyl sites for hydroxylation is 1. The highest BCUT2D eigenvalue weighted by molar-refractivity contribution is 5.30. The van der Waals surface area contributed by atoms with Crippen LogP contribution in [0.15, 0.2) is 28.8 Å². The van der Waals surface area contributed by atoms with E-state index in [1.807, 2.05) is 6.92 Å². The van der Waals surface area contributed by atoms with Crippen molar-refractivity contribution in [1.82, 2.24) is 19.9 Å². The van der Waals surface area contributed by atoms with Crippen molar-refractivity contribution in [2.45, 2.75) is 25.9 Å². The summed E-state index contributed by atoms with van der Waals surface area (Å²) >= 11 is 0. The molecule has 3 atom stereocenters. The monoisotopic (exact) mass is 342 g/mol. The minimum absolute atomic E-state index is 0.467. The van der Waals surface area contributed by atoms with Crippen molar-refractivity contribution in [2.24, 2.45) is 11.8 Å². The summed E-state index contributed by atoms with van der Waals surface area (Å²) in [6.45, 7) is 6.13. The van der Waals surface area contributed by atoms with Gasteiger partial charge in [-0.05, 0) is 36.6 Å². The van der Waals surface area contributed by atoms with E-state index in [4.69, 9.17) is 9.26 Å². The lowest BCUT2D eigenvalue weighted by Gasteiger charge is -2.26. The summed E-state index contributed by atoms with van der Waals surface area (Å²) in [7, 11) is 3.95. The largest absolute Gasteiger partial charge is 0.497 e. The van der Waals surface area contributed by atoms with Crippen molar-refractivity contribution in [3.63, 3.8) is 0 Å². The fraction of sp³-hybridized carbons (Fsp3) is 0.579. The summed E-state index contributed by atoms with van der Waals surface area (Å²) in [5.74, 6) is 3.80. The van der Waals surface area contributed by atoms with Crippen molar-refractivity contribution in [3.8, 4) is 5.75 Å². The van der Waals surface area contributed by atoms with Crippen LogP contribution in [0.3, 0.4) is 0 Å². The van der Waals surface area contributed by atoms with Crippen LogP contribution in [0.1, 0.15) is 30.2 Å². The van der Waals surface area contributed by atoms with Gasteiger partial charge in [-0.15, -0.1) is 0 Å². The molecule has 134 valence electrons. The molecule has 0 radical (unpaired) electrons. The van der Waals surface area contributed by atoms with Gasteiger partial charge in [0.25, 0.3) is 0 Å². The molecule has 4 rings (SSSR count). The smallest absolute Gasteiger partial charge is 0.240 e. The zero-order valence-corrected chi connectivity index (χ0v) is 15.2. The summed E-state index contributed by atoms with van der Waals surface area (Å²) < 4.78 is 10.7. The average molecular weight is 342 g/mol. The predicted octanol–water partition coefficient (Wildman–Crippen LogP) is 2.38. The summed E-state index contributed by atoms with van der Waals surface area (Å²) in [6.07, 6.45) is 0.819. The zero-order chi connectivity index (χ0) is 17.4. The highest BCUT2D eigenvalue weighted by atomic mass is 16.5. The fourth-order valence-corrected chi connectivity index (χ4v) is 4.47. The maximum atomic E-state index is 5.37. The van der Waals surface area contributed by atoms with Gasteiger partial charge in [0.1, 0.15) is 5.75 Å². The van der Waals surface area contributed by atoms with Gasteiger partial charge < -0.3 is 9.26 Å². The van der Waals surface area contributed by atoms with Gasteiger partial charge >= 0.3 is 0 Å². The second kappa shape index (κ2) is 6.77. The topological polar surface area (TPSA) is 54.6 Å². The van der Waals surface area contributed by atoms with Gasteiger partial charge in [-0.25, -0.2) is 0 Å². The normalized spacial score (nSPS) is 26.9. The molecule has 0 bridgehead atoms. The third-order valence-corrected chi connectivity index (χ3v) is 5.61. The predicted molar refractivity (Wildman–Crippen MR) is 94.3 cm³/mol. The minimum atomic E-state index is 0.467. The van der Waals surface area contributed by atoms with E-state index in [9.17, 15) is 0 Å².